The number of alkyl halides is 3. The summed E-state index contributed by atoms with van der Waals surface area (Å²) in [6.45, 7) is 1.43. The normalized spacial score (nSPS) is 12.9. The first-order valence-electron chi connectivity index (χ1n) is 3.62. The van der Waals surface area contributed by atoms with Gasteiger partial charge in [0.15, 0.2) is 0 Å². The average Bonchev–Trinajstić information content (AvgIpc) is 1.95. The first kappa shape index (κ1) is 11.8. The van der Waals surface area contributed by atoms with Crippen molar-refractivity contribution in [1.29, 1.82) is 0 Å². The smallest absolute Gasteiger partial charge is 0.457 e. The van der Waals surface area contributed by atoms with Crippen LogP contribution in [0.2, 0.25) is 0 Å². The Morgan fingerprint density at radius 1 is 1.54 bits per heavy atom. The van der Waals surface area contributed by atoms with E-state index in [9.17, 15) is 18.0 Å². The standard InChI is InChI=1S/C8H9F3O2/c1-6(7(12)13)4-2-3-5-8(9,10)11/h6H,2,4H2,1H3,(H,12,13)/t6-/m0/s1. The molecule has 5 heteroatoms. The van der Waals surface area contributed by atoms with Crippen molar-refractivity contribution in [3.63, 3.8) is 0 Å². The van der Waals surface area contributed by atoms with Crippen LogP contribution < -0.4 is 0 Å². The van der Waals surface area contributed by atoms with Crippen molar-refractivity contribution in [3.05, 3.63) is 0 Å². The third kappa shape index (κ3) is 7.19. The third-order valence-electron chi connectivity index (χ3n) is 1.35. The van der Waals surface area contributed by atoms with Crippen LogP contribution in [0.4, 0.5) is 13.2 Å². The average molecular weight is 194 g/mol. The summed E-state index contributed by atoms with van der Waals surface area (Å²) in [5.41, 5.74) is 0. The molecule has 0 aliphatic carbocycles. The summed E-state index contributed by atoms with van der Waals surface area (Å²) in [6, 6.07) is 0. The zero-order valence-electron chi connectivity index (χ0n) is 6.98. The molecule has 0 spiro atoms. The van der Waals surface area contributed by atoms with Gasteiger partial charge in [-0.05, 0) is 6.42 Å². The molecule has 0 saturated carbocycles. The van der Waals surface area contributed by atoms with E-state index in [4.69, 9.17) is 5.11 Å². The molecule has 0 aromatic carbocycles. The van der Waals surface area contributed by atoms with Gasteiger partial charge in [0, 0.05) is 12.3 Å². The predicted molar refractivity (Wildman–Crippen MR) is 39.9 cm³/mol. The molecule has 0 aromatic rings. The van der Waals surface area contributed by atoms with Crippen LogP contribution in [-0.2, 0) is 4.79 Å². The Bertz CT molecular complexity index is 234. The van der Waals surface area contributed by atoms with Crippen LogP contribution in [0.1, 0.15) is 19.8 Å². The number of carboxylic acids is 1. The zero-order valence-corrected chi connectivity index (χ0v) is 6.98. The van der Waals surface area contributed by atoms with Gasteiger partial charge in [-0.15, -0.1) is 0 Å². The highest BCUT2D eigenvalue weighted by atomic mass is 19.4. The lowest BCUT2D eigenvalue weighted by molar-refractivity contribution is -0.141. The van der Waals surface area contributed by atoms with E-state index in [-0.39, 0.29) is 12.8 Å². The maximum atomic E-state index is 11.4. The van der Waals surface area contributed by atoms with E-state index in [0.29, 0.717) is 0 Å². The van der Waals surface area contributed by atoms with Crippen LogP contribution in [0, 0.1) is 17.8 Å². The fourth-order valence-corrected chi connectivity index (χ4v) is 0.575. The SMILES string of the molecule is C[C@@H](CCC#CC(F)(F)F)C(=O)O. The van der Waals surface area contributed by atoms with Gasteiger partial charge in [0.1, 0.15) is 0 Å². The summed E-state index contributed by atoms with van der Waals surface area (Å²) in [5, 5.41) is 8.37. The molecule has 0 radical (unpaired) electrons. The van der Waals surface area contributed by atoms with Crippen LogP contribution in [0.15, 0.2) is 0 Å². The van der Waals surface area contributed by atoms with E-state index in [1.54, 1.807) is 0 Å². The molecule has 0 fully saturated rings. The number of aliphatic carboxylic acids is 1. The van der Waals surface area contributed by atoms with Gasteiger partial charge in [-0.3, -0.25) is 4.79 Å². The van der Waals surface area contributed by atoms with E-state index >= 15 is 0 Å². The number of rotatable bonds is 3. The second kappa shape index (κ2) is 4.75. The van der Waals surface area contributed by atoms with Crippen molar-refractivity contribution in [2.24, 2.45) is 5.92 Å². The largest absolute Gasteiger partial charge is 0.481 e. The van der Waals surface area contributed by atoms with E-state index in [2.05, 4.69) is 0 Å². The Hall–Kier alpha value is -1.18. The minimum absolute atomic E-state index is 0.0486. The molecule has 13 heavy (non-hydrogen) atoms. The summed E-state index contributed by atoms with van der Waals surface area (Å²) in [5.74, 6) is 1.28. The van der Waals surface area contributed by atoms with Gasteiger partial charge in [-0.25, -0.2) is 0 Å². The molecular formula is C8H9F3O2. The lowest BCUT2D eigenvalue weighted by atomic mass is 10.1. The van der Waals surface area contributed by atoms with Crippen LogP contribution >= 0.6 is 0 Å². The minimum Gasteiger partial charge on any atom is -0.481 e. The van der Waals surface area contributed by atoms with Crippen molar-refractivity contribution >= 4 is 5.97 Å². The van der Waals surface area contributed by atoms with Crippen LogP contribution in [0.3, 0.4) is 0 Å². The van der Waals surface area contributed by atoms with Gasteiger partial charge >= 0.3 is 12.1 Å². The van der Waals surface area contributed by atoms with E-state index in [0.717, 1.165) is 5.92 Å². The molecule has 0 rings (SSSR count). The molecule has 0 heterocycles. The fraction of sp³-hybridized carbons (Fsp3) is 0.625. The number of hydrogen-bond donors (Lipinski definition) is 1. The molecule has 0 saturated heterocycles. The van der Waals surface area contributed by atoms with Crippen LogP contribution in [0.25, 0.3) is 0 Å². The quantitative estimate of drug-likeness (QED) is 0.698. The van der Waals surface area contributed by atoms with E-state index in [1.165, 1.54) is 6.92 Å². The van der Waals surface area contributed by atoms with Gasteiger partial charge in [0.2, 0.25) is 0 Å². The third-order valence-corrected chi connectivity index (χ3v) is 1.35. The lowest BCUT2D eigenvalue weighted by Crippen LogP contribution is -2.08. The Morgan fingerprint density at radius 3 is 2.46 bits per heavy atom. The van der Waals surface area contributed by atoms with E-state index < -0.39 is 18.1 Å². The van der Waals surface area contributed by atoms with Gasteiger partial charge in [0.25, 0.3) is 0 Å². The maximum Gasteiger partial charge on any atom is 0.457 e. The number of hydrogen-bond acceptors (Lipinski definition) is 1. The molecule has 1 N–H and O–H groups in total. The first-order valence-corrected chi connectivity index (χ1v) is 3.62. The molecule has 0 aliphatic heterocycles. The van der Waals surface area contributed by atoms with Crippen molar-refractivity contribution in [1.82, 2.24) is 0 Å². The Balaban J connectivity index is 3.78. The summed E-state index contributed by atoms with van der Waals surface area (Å²) in [7, 11) is 0. The molecule has 0 unspecified atom stereocenters. The summed E-state index contributed by atoms with van der Waals surface area (Å²) in [4.78, 5) is 10.2. The van der Waals surface area contributed by atoms with E-state index in [1.807, 2.05) is 5.92 Å². The monoisotopic (exact) mass is 194 g/mol. The second-order valence-electron chi connectivity index (χ2n) is 2.58. The zero-order chi connectivity index (χ0) is 10.5. The fourth-order valence-electron chi connectivity index (χ4n) is 0.575. The maximum absolute atomic E-state index is 11.4. The van der Waals surface area contributed by atoms with Gasteiger partial charge < -0.3 is 5.11 Å². The summed E-state index contributed by atoms with van der Waals surface area (Å²) in [6.07, 6.45) is -4.39. The predicted octanol–water partition coefficient (Wildman–Crippen LogP) is 2.05. The first-order chi connectivity index (χ1) is 5.83. The van der Waals surface area contributed by atoms with Crippen molar-refractivity contribution < 1.29 is 23.1 Å². The summed E-state index contributed by atoms with van der Waals surface area (Å²) >= 11 is 0. The van der Waals surface area contributed by atoms with Crippen LogP contribution in [-0.4, -0.2) is 17.3 Å². The molecule has 74 valence electrons. The summed E-state index contributed by atoms with van der Waals surface area (Å²) < 4.78 is 34.3. The van der Waals surface area contributed by atoms with Gasteiger partial charge in [-0.2, -0.15) is 13.2 Å². The van der Waals surface area contributed by atoms with Crippen molar-refractivity contribution in [3.8, 4) is 11.8 Å². The molecule has 2 nitrogen and oxygen atoms in total. The molecule has 0 amide bonds. The number of carboxylic acid groups (broad SMARTS) is 1. The molecule has 0 aliphatic rings. The molecule has 1 atom stereocenters. The Morgan fingerprint density at radius 2 is 2.08 bits per heavy atom. The number of carbonyl (C=O) groups is 1. The molecular weight excluding hydrogens is 185 g/mol. The minimum atomic E-state index is -4.48. The topological polar surface area (TPSA) is 37.3 Å². The van der Waals surface area contributed by atoms with Gasteiger partial charge in [-0.1, -0.05) is 12.8 Å². The highest BCUT2D eigenvalue weighted by molar-refractivity contribution is 5.69. The Labute approximate surface area is 73.7 Å². The number of halogens is 3. The molecule has 0 aromatic heterocycles. The lowest BCUT2D eigenvalue weighted by Gasteiger charge is -2.00. The highest BCUT2D eigenvalue weighted by Gasteiger charge is 2.22. The van der Waals surface area contributed by atoms with Gasteiger partial charge in [0.05, 0.1) is 5.92 Å². The Kier molecular flexibility index (Phi) is 4.32. The van der Waals surface area contributed by atoms with Crippen molar-refractivity contribution in [2.75, 3.05) is 0 Å². The molecule has 0 bridgehead atoms. The van der Waals surface area contributed by atoms with Crippen molar-refractivity contribution in [2.45, 2.75) is 25.9 Å². The highest BCUT2D eigenvalue weighted by Crippen LogP contribution is 2.12. The second-order valence-corrected chi connectivity index (χ2v) is 2.58. The van der Waals surface area contributed by atoms with Crippen LogP contribution in [0.5, 0.6) is 0 Å².